The number of halogens is 1. The highest BCUT2D eigenvalue weighted by molar-refractivity contribution is 5.95. The van der Waals surface area contributed by atoms with Crippen molar-refractivity contribution in [2.75, 3.05) is 5.32 Å². The predicted octanol–water partition coefficient (Wildman–Crippen LogP) is 2.02. The minimum Gasteiger partial charge on any atom is -0.325 e. The van der Waals surface area contributed by atoms with Crippen LogP contribution < -0.4 is 10.9 Å². The summed E-state index contributed by atoms with van der Waals surface area (Å²) >= 11 is 0. The van der Waals surface area contributed by atoms with Gasteiger partial charge in [-0.05, 0) is 48.9 Å². The van der Waals surface area contributed by atoms with Crippen LogP contribution in [0.2, 0.25) is 0 Å². The third-order valence-electron chi connectivity index (χ3n) is 4.63. The number of benzene rings is 2. The Morgan fingerprint density at radius 1 is 1.06 bits per heavy atom. The van der Waals surface area contributed by atoms with Gasteiger partial charge in [0.15, 0.2) is 16.9 Å². The Morgan fingerprint density at radius 3 is 2.45 bits per heavy atom. The van der Waals surface area contributed by atoms with E-state index in [1.165, 1.54) is 30.1 Å². The van der Waals surface area contributed by atoms with Crippen molar-refractivity contribution in [3.63, 3.8) is 0 Å². The number of hydrogen-bond acceptors (Lipinski definition) is 6. The maximum atomic E-state index is 13.1. The highest BCUT2D eigenvalue weighted by Gasteiger charge is 2.14. The molecule has 0 fully saturated rings. The Hall–Kier alpha value is -4.21. The van der Waals surface area contributed by atoms with Gasteiger partial charge in [0.2, 0.25) is 5.91 Å². The normalized spacial score (nSPS) is 10.9. The second-order valence-corrected chi connectivity index (χ2v) is 6.91. The molecule has 0 saturated carbocycles. The molecule has 9 nitrogen and oxygen atoms in total. The van der Waals surface area contributed by atoms with E-state index < -0.39 is 11.5 Å². The van der Waals surface area contributed by atoms with Crippen molar-refractivity contribution in [2.24, 2.45) is 0 Å². The molecule has 10 heteroatoms. The van der Waals surface area contributed by atoms with Gasteiger partial charge in [-0.3, -0.25) is 19.0 Å². The SMILES string of the molecule is CC(=O)c1ccc(NC(=O)Cn2cnc3c(nnn3Cc3ccc(F)cc3)c2=O)cc1. The van der Waals surface area contributed by atoms with Gasteiger partial charge in [0.25, 0.3) is 5.56 Å². The topological polar surface area (TPSA) is 112 Å². The lowest BCUT2D eigenvalue weighted by atomic mass is 10.1. The zero-order chi connectivity index (χ0) is 22.0. The molecule has 1 amide bonds. The van der Waals surface area contributed by atoms with Crippen LogP contribution in [-0.4, -0.2) is 36.2 Å². The molecule has 1 N–H and O–H groups in total. The monoisotopic (exact) mass is 420 g/mol. The van der Waals surface area contributed by atoms with Gasteiger partial charge in [0, 0.05) is 11.3 Å². The number of fused-ring (bicyclic) bond motifs is 1. The molecule has 0 bridgehead atoms. The largest absolute Gasteiger partial charge is 0.325 e. The minimum atomic E-state index is -0.502. The van der Waals surface area contributed by atoms with Gasteiger partial charge >= 0.3 is 0 Å². The van der Waals surface area contributed by atoms with Crippen molar-refractivity contribution in [2.45, 2.75) is 20.0 Å². The fraction of sp³-hybridized carbons (Fsp3) is 0.143. The smallest absolute Gasteiger partial charge is 0.283 e. The Morgan fingerprint density at radius 2 is 1.77 bits per heavy atom. The summed E-state index contributed by atoms with van der Waals surface area (Å²) in [5.74, 6) is -0.852. The van der Waals surface area contributed by atoms with E-state index in [4.69, 9.17) is 0 Å². The summed E-state index contributed by atoms with van der Waals surface area (Å²) in [6.07, 6.45) is 1.26. The van der Waals surface area contributed by atoms with Crippen LogP contribution in [0.15, 0.2) is 59.7 Å². The number of rotatable bonds is 6. The molecule has 0 spiro atoms. The van der Waals surface area contributed by atoms with Gasteiger partial charge in [-0.15, -0.1) is 5.10 Å². The van der Waals surface area contributed by atoms with E-state index >= 15 is 0 Å². The lowest BCUT2D eigenvalue weighted by Gasteiger charge is -2.08. The Kier molecular flexibility index (Phi) is 5.35. The molecular weight excluding hydrogens is 403 g/mol. The van der Waals surface area contributed by atoms with Crippen molar-refractivity contribution in [1.82, 2.24) is 24.5 Å². The first-order valence-corrected chi connectivity index (χ1v) is 9.34. The van der Waals surface area contributed by atoms with Gasteiger partial charge in [-0.1, -0.05) is 17.3 Å². The van der Waals surface area contributed by atoms with E-state index in [-0.39, 0.29) is 35.9 Å². The lowest BCUT2D eigenvalue weighted by molar-refractivity contribution is -0.116. The van der Waals surface area contributed by atoms with Crippen LogP contribution in [-0.2, 0) is 17.9 Å². The number of anilines is 1. The highest BCUT2D eigenvalue weighted by Crippen LogP contribution is 2.11. The zero-order valence-corrected chi connectivity index (χ0v) is 16.4. The Labute approximate surface area is 175 Å². The summed E-state index contributed by atoms with van der Waals surface area (Å²) in [5, 5.41) is 10.5. The van der Waals surface area contributed by atoms with E-state index in [2.05, 4.69) is 20.6 Å². The summed E-state index contributed by atoms with van der Waals surface area (Å²) in [7, 11) is 0. The van der Waals surface area contributed by atoms with E-state index in [0.717, 1.165) is 10.1 Å². The van der Waals surface area contributed by atoms with Crippen LogP contribution >= 0.6 is 0 Å². The molecule has 31 heavy (non-hydrogen) atoms. The fourth-order valence-electron chi connectivity index (χ4n) is 3.01. The summed E-state index contributed by atoms with van der Waals surface area (Å²) in [6.45, 7) is 1.46. The minimum absolute atomic E-state index is 0.0308. The van der Waals surface area contributed by atoms with Gasteiger partial charge in [0.1, 0.15) is 18.7 Å². The van der Waals surface area contributed by atoms with E-state index in [0.29, 0.717) is 11.3 Å². The van der Waals surface area contributed by atoms with Crippen molar-refractivity contribution >= 4 is 28.5 Å². The third-order valence-corrected chi connectivity index (χ3v) is 4.63. The average Bonchev–Trinajstić information content (AvgIpc) is 3.15. The van der Waals surface area contributed by atoms with Crippen LogP contribution in [0.5, 0.6) is 0 Å². The number of amides is 1. The molecule has 2 heterocycles. The molecule has 0 aliphatic heterocycles. The summed E-state index contributed by atoms with van der Waals surface area (Å²) in [4.78, 5) is 40.6. The number of aromatic nitrogens is 5. The van der Waals surface area contributed by atoms with Gasteiger partial charge < -0.3 is 5.32 Å². The molecule has 4 aromatic rings. The van der Waals surface area contributed by atoms with Gasteiger partial charge in [-0.25, -0.2) is 14.1 Å². The van der Waals surface area contributed by atoms with Crippen molar-refractivity contribution in [1.29, 1.82) is 0 Å². The van der Waals surface area contributed by atoms with Crippen molar-refractivity contribution in [3.05, 3.63) is 82.2 Å². The van der Waals surface area contributed by atoms with Crippen molar-refractivity contribution in [3.8, 4) is 0 Å². The van der Waals surface area contributed by atoms with Gasteiger partial charge in [-0.2, -0.15) is 0 Å². The second kappa shape index (κ2) is 8.27. The van der Waals surface area contributed by atoms with Crippen molar-refractivity contribution < 1.29 is 14.0 Å². The maximum absolute atomic E-state index is 13.1. The number of hydrogen-bond donors (Lipinski definition) is 1. The van der Waals surface area contributed by atoms with E-state index in [1.807, 2.05) is 0 Å². The molecule has 0 radical (unpaired) electrons. The number of nitrogens with zero attached hydrogens (tertiary/aromatic N) is 5. The second-order valence-electron chi connectivity index (χ2n) is 6.91. The number of ketones is 1. The number of Topliss-reactive ketones (excluding diaryl/α,β-unsaturated/α-hetero) is 1. The van der Waals surface area contributed by atoms with Crippen LogP contribution in [0.3, 0.4) is 0 Å². The van der Waals surface area contributed by atoms with Crippen LogP contribution in [0, 0.1) is 5.82 Å². The van der Waals surface area contributed by atoms with Crippen LogP contribution in [0.25, 0.3) is 11.2 Å². The first kappa shape index (κ1) is 20.1. The molecular formula is C21H17FN6O3. The molecule has 156 valence electrons. The molecule has 2 aromatic carbocycles. The average molecular weight is 420 g/mol. The predicted molar refractivity (Wildman–Crippen MR) is 110 cm³/mol. The molecule has 0 aliphatic rings. The molecule has 0 atom stereocenters. The number of carbonyl (C=O) groups excluding carboxylic acids is 2. The molecule has 0 unspecified atom stereocenters. The number of nitrogens with one attached hydrogen (secondary N) is 1. The quantitative estimate of drug-likeness (QED) is 0.478. The summed E-state index contributed by atoms with van der Waals surface area (Å²) in [6, 6.07) is 12.3. The van der Waals surface area contributed by atoms with Crippen LogP contribution in [0.1, 0.15) is 22.8 Å². The number of carbonyl (C=O) groups is 2. The zero-order valence-electron chi connectivity index (χ0n) is 16.4. The maximum Gasteiger partial charge on any atom is 0.283 e. The van der Waals surface area contributed by atoms with Crippen LogP contribution in [0.4, 0.5) is 10.1 Å². The molecule has 2 aromatic heterocycles. The molecule has 0 aliphatic carbocycles. The highest BCUT2D eigenvalue weighted by atomic mass is 19.1. The van der Waals surface area contributed by atoms with E-state index in [9.17, 15) is 18.8 Å². The molecule has 4 rings (SSSR count). The Balaban J connectivity index is 1.50. The summed E-state index contributed by atoms with van der Waals surface area (Å²) in [5.41, 5.74) is 1.61. The standard InChI is InChI=1S/C21H17FN6O3/c1-13(29)15-4-8-17(9-5-15)24-18(30)11-27-12-23-20-19(21(27)31)25-26-28(20)10-14-2-6-16(22)7-3-14/h2-9,12H,10-11H2,1H3,(H,24,30). The first-order valence-electron chi connectivity index (χ1n) is 9.34. The fourth-order valence-corrected chi connectivity index (χ4v) is 3.01. The van der Waals surface area contributed by atoms with E-state index in [1.54, 1.807) is 36.4 Å². The third kappa shape index (κ3) is 4.37. The Bertz CT molecular complexity index is 1330. The molecule has 0 saturated heterocycles. The van der Waals surface area contributed by atoms with Gasteiger partial charge in [0.05, 0.1) is 6.54 Å². The summed E-state index contributed by atoms with van der Waals surface area (Å²) < 4.78 is 15.6. The lowest BCUT2D eigenvalue weighted by Crippen LogP contribution is -2.28. The first-order chi connectivity index (χ1) is 14.9.